The van der Waals surface area contributed by atoms with E-state index in [1.165, 1.54) is 17.9 Å². The van der Waals surface area contributed by atoms with E-state index in [4.69, 9.17) is 21.2 Å². The molecule has 222 valence electrons. The van der Waals surface area contributed by atoms with Crippen LogP contribution in [0.1, 0.15) is 49.8 Å². The van der Waals surface area contributed by atoms with Crippen LogP contribution in [0.4, 0.5) is 25.0 Å². The van der Waals surface area contributed by atoms with Crippen molar-refractivity contribution in [3.8, 4) is 22.3 Å². The number of nitrogens with one attached hydrogen (secondary N) is 2. The van der Waals surface area contributed by atoms with Gasteiger partial charge in [0.2, 0.25) is 17.8 Å². The van der Waals surface area contributed by atoms with Gasteiger partial charge in [0.15, 0.2) is 5.82 Å². The molecule has 0 fully saturated rings. The minimum absolute atomic E-state index is 0.135. The van der Waals surface area contributed by atoms with E-state index in [0.717, 1.165) is 34.9 Å². The van der Waals surface area contributed by atoms with Crippen LogP contribution in [0.15, 0.2) is 72.9 Å². The summed E-state index contributed by atoms with van der Waals surface area (Å²) in [7, 11) is 1.49. The number of hydrogen-bond acceptors (Lipinski definition) is 4. The minimum Gasteiger partial charge on any atom is -0.450 e. The van der Waals surface area contributed by atoms with Gasteiger partial charge in [0.25, 0.3) is 0 Å². The number of pyridine rings is 1. The van der Waals surface area contributed by atoms with E-state index < -0.39 is 17.7 Å². The molecule has 2 bridgehead atoms. The predicted octanol–water partition coefficient (Wildman–Crippen LogP) is 7.51. The van der Waals surface area contributed by atoms with E-state index in [0.29, 0.717) is 30.6 Å². The lowest BCUT2D eigenvalue weighted by atomic mass is 9.87. The summed E-state index contributed by atoms with van der Waals surface area (Å²) in [5, 5.41) is 5.52. The van der Waals surface area contributed by atoms with Crippen molar-refractivity contribution >= 4 is 35.0 Å². The SMILES string of the molecule is CCOC(=O)Nc1ccc2c(c1)NC(=O)CCCC[C@H](c1ccc(-c3c(F)ccc(Cl)c3F)c[n+]1OC)c1cccc-2c1. The third-order valence-electron chi connectivity index (χ3n) is 7.39. The fourth-order valence-electron chi connectivity index (χ4n) is 5.38. The van der Waals surface area contributed by atoms with Gasteiger partial charge in [0.05, 0.1) is 34.4 Å². The van der Waals surface area contributed by atoms with E-state index in [1.54, 1.807) is 37.4 Å². The second kappa shape index (κ2) is 13.2. The molecule has 3 aromatic carbocycles. The number of ether oxygens (including phenoxy) is 1. The number of benzene rings is 3. The Morgan fingerprint density at radius 1 is 1.07 bits per heavy atom. The molecule has 5 rings (SSSR count). The Kier molecular flexibility index (Phi) is 9.21. The van der Waals surface area contributed by atoms with Crippen LogP contribution in [0.3, 0.4) is 0 Å². The van der Waals surface area contributed by atoms with Gasteiger partial charge in [0.1, 0.15) is 12.9 Å². The molecule has 1 aromatic heterocycles. The molecule has 2 amide bonds. The third-order valence-corrected chi connectivity index (χ3v) is 7.68. The fraction of sp³-hybridized carbons (Fsp3) is 0.242. The monoisotopic (exact) mass is 606 g/mol. The summed E-state index contributed by atoms with van der Waals surface area (Å²) < 4.78 is 36.0. The summed E-state index contributed by atoms with van der Waals surface area (Å²) in [5.74, 6) is -1.86. The van der Waals surface area contributed by atoms with Crippen molar-refractivity contribution < 1.29 is 32.7 Å². The van der Waals surface area contributed by atoms with Crippen molar-refractivity contribution in [2.45, 2.75) is 38.5 Å². The molecule has 0 spiro atoms. The second-order valence-electron chi connectivity index (χ2n) is 10.1. The van der Waals surface area contributed by atoms with Gasteiger partial charge in [-0.1, -0.05) is 48.4 Å². The lowest BCUT2D eigenvalue weighted by Gasteiger charge is -2.19. The first-order chi connectivity index (χ1) is 20.8. The highest BCUT2D eigenvalue weighted by atomic mass is 35.5. The number of anilines is 2. The van der Waals surface area contributed by atoms with Crippen molar-refractivity contribution in [1.82, 2.24) is 0 Å². The van der Waals surface area contributed by atoms with Crippen molar-refractivity contribution in [2.24, 2.45) is 0 Å². The van der Waals surface area contributed by atoms with Crippen LogP contribution in [0.2, 0.25) is 5.02 Å². The summed E-state index contributed by atoms with van der Waals surface area (Å²) in [5.41, 5.74) is 4.54. The Morgan fingerprint density at radius 3 is 2.70 bits per heavy atom. The molecule has 43 heavy (non-hydrogen) atoms. The zero-order valence-corrected chi connectivity index (χ0v) is 24.5. The first-order valence-electron chi connectivity index (χ1n) is 14.0. The van der Waals surface area contributed by atoms with Gasteiger partial charge < -0.3 is 10.1 Å². The van der Waals surface area contributed by atoms with Crippen LogP contribution >= 0.6 is 11.6 Å². The number of carbonyl (C=O) groups is 2. The van der Waals surface area contributed by atoms with Crippen LogP contribution in [-0.4, -0.2) is 25.7 Å². The summed E-state index contributed by atoms with van der Waals surface area (Å²) in [6.45, 7) is 1.96. The van der Waals surface area contributed by atoms with Crippen LogP contribution in [0.25, 0.3) is 22.3 Å². The molecular weight excluding hydrogens is 576 g/mol. The normalized spacial score (nSPS) is 14.9. The maximum Gasteiger partial charge on any atom is 0.411 e. The van der Waals surface area contributed by atoms with Crippen LogP contribution in [-0.2, 0) is 9.53 Å². The molecule has 0 aliphatic carbocycles. The molecule has 1 aliphatic rings. The predicted molar refractivity (Wildman–Crippen MR) is 161 cm³/mol. The highest BCUT2D eigenvalue weighted by Gasteiger charge is 2.28. The molecule has 1 aliphatic heterocycles. The average Bonchev–Trinajstić information content (AvgIpc) is 2.99. The Morgan fingerprint density at radius 2 is 1.91 bits per heavy atom. The number of carbonyl (C=O) groups excluding carboxylic acids is 2. The smallest absolute Gasteiger partial charge is 0.411 e. The molecule has 2 heterocycles. The number of halogens is 3. The quantitative estimate of drug-likeness (QED) is 0.182. The van der Waals surface area contributed by atoms with Gasteiger partial charge in [-0.2, -0.15) is 0 Å². The van der Waals surface area contributed by atoms with E-state index in [1.807, 2.05) is 24.3 Å². The molecule has 2 N–H and O–H groups in total. The first kappa shape index (κ1) is 30.0. The Labute approximate surface area is 253 Å². The van der Waals surface area contributed by atoms with Gasteiger partial charge >= 0.3 is 6.09 Å². The van der Waals surface area contributed by atoms with E-state index >= 15 is 0 Å². The van der Waals surface area contributed by atoms with Gasteiger partial charge in [-0.05, 0) is 61.2 Å². The maximum absolute atomic E-state index is 14.8. The number of hydrogen-bond donors (Lipinski definition) is 2. The highest BCUT2D eigenvalue weighted by molar-refractivity contribution is 6.31. The summed E-state index contributed by atoms with van der Waals surface area (Å²) in [6.07, 6.45) is 3.37. The molecule has 1 atom stereocenters. The molecule has 10 heteroatoms. The zero-order chi connectivity index (χ0) is 30.5. The highest BCUT2D eigenvalue weighted by Crippen LogP contribution is 2.37. The van der Waals surface area contributed by atoms with Crippen molar-refractivity contribution in [3.63, 3.8) is 0 Å². The topological polar surface area (TPSA) is 80.5 Å². The molecule has 0 saturated carbocycles. The Bertz CT molecular complexity index is 1680. The fourth-order valence-corrected chi connectivity index (χ4v) is 5.53. The summed E-state index contributed by atoms with van der Waals surface area (Å²) >= 11 is 5.94. The molecule has 0 radical (unpaired) electrons. The van der Waals surface area contributed by atoms with Crippen LogP contribution in [0.5, 0.6) is 0 Å². The lowest BCUT2D eigenvalue weighted by Crippen LogP contribution is -2.45. The van der Waals surface area contributed by atoms with E-state index in [-0.39, 0.29) is 34.6 Å². The van der Waals surface area contributed by atoms with Crippen LogP contribution in [0, 0.1) is 11.6 Å². The number of amides is 2. The standard InChI is InChI=1S/C33H30ClF2N3O4/c1-3-43-33(41)37-23-12-13-24-20-7-6-8-21(17-20)25(9-4-5-10-30(40)38-28(24)18-23)29-16-11-22(19-39(29)42-2)31-27(35)15-14-26(34)32(31)36/h6-8,11-19,25H,3-5,9-10H2,1-2H3,(H-,37,38,40,41)/p+1/t25-/m0/s1. The number of rotatable bonds is 5. The van der Waals surface area contributed by atoms with Gasteiger partial charge in [0, 0.05) is 28.5 Å². The number of fused-ring (bicyclic) bond motifs is 4. The van der Waals surface area contributed by atoms with E-state index in [2.05, 4.69) is 16.7 Å². The van der Waals surface area contributed by atoms with E-state index in [9.17, 15) is 18.4 Å². The minimum atomic E-state index is -0.840. The zero-order valence-electron chi connectivity index (χ0n) is 23.8. The first-order valence-corrected chi connectivity index (χ1v) is 14.4. The Hall–Kier alpha value is -4.50. The summed E-state index contributed by atoms with van der Waals surface area (Å²) in [4.78, 5) is 30.6. The van der Waals surface area contributed by atoms with Gasteiger partial charge in [-0.25, -0.2) is 13.6 Å². The van der Waals surface area contributed by atoms with Crippen molar-refractivity contribution in [2.75, 3.05) is 24.4 Å². The molecule has 0 saturated heterocycles. The third kappa shape index (κ3) is 6.62. The molecule has 0 unspecified atom stereocenters. The second-order valence-corrected chi connectivity index (χ2v) is 10.6. The molecular formula is C33H31ClF2N3O4+. The van der Waals surface area contributed by atoms with Gasteiger partial charge in [-0.15, -0.1) is 0 Å². The average molecular weight is 607 g/mol. The molecule has 7 nitrogen and oxygen atoms in total. The number of aromatic nitrogens is 1. The molecule has 4 aromatic rings. The van der Waals surface area contributed by atoms with Crippen molar-refractivity contribution in [3.05, 3.63) is 101 Å². The lowest BCUT2D eigenvalue weighted by molar-refractivity contribution is -0.890. The summed E-state index contributed by atoms with van der Waals surface area (Å²) in [6, 6.07) is 19.1. The number of nitrogens with zero attached hydrogens (tertiary/aromatic N) is 1. The van der Waals surface area contributed by atoms with Crippen molar-refractivity contribution in [1.29, 1.82) is 0 Å². The maximum atomic E-state index is 14.8. The van der Waals surface area contributed by atoms with Crippen LogP contribution < -0.4 is 20.2 Å². The largest absolute Gasteiger partial charge is 0.450 e. The Balaban J connectivity index is 1.57. The van der Waals surface area contributed by atoms with Gasteiger partial charge in [-0.3, -0.25) is 14.9 Å².